The van der Waals surface area contributed by atoms with Gasteiger partial charge in [0.15, 0.2) is 0 Å². The van der Waals surface area contributed by atoms with Crippen LogP contribution in [0.15, 0.2) is 24.3 Å². The summed E-state index contributed by atoms with van der Waals surface area (Å²) in [5, 5.41) is 0. The highest BCUT2D eigenvalue weighted by molar-refractivity contribution is 7.88. The van der Waals surface area contributed by atoms with E-state index < -0.39 is 28.2 Å². The van der Waals surface area contributed by atoms with Crippen LogP contribution in [0.25, 0.3) is 0 Å². The van der Waals surface area contributed by atoms with Gasteiger partial charge in [-0.15, -0.1) is 0 Å². The van der Waals surface area contributed by atoms with Crippen molar-refractivity contribution in [2.75, 3.05) is 20.0 Å². The number of carbonyl (C=O) groups is 1. The number of halogens is 1. The summed E-state index contributed by atoms with van der Waals surface area (Å²) < 4.78 is 50.7. The number of carbonyl (C=O) groups excluding carboxylic acids is 1. The lowest BCUT2D eigenvalue weighted by molar-refractivity contribution is -0.00860. The minimum Gasteiger partial charge on any atom is -0.453 e. The van der Waals surface area contributed by atoms with Crippen molar-refractivity contribution in [2.45, 2.75) is 69.2 Å². The fraction of sp³-hybridized carbons (Fsp3) is 0.667. The molecule has 0 aromatic heterocycles. The Hall–Kier alpha value is -1.71. The van der Waals surface area contributed by atoms with Crippen molar-refractivity contribution in [1.29, 1.82) is 0 Å². The number of ether oxygens (including phenoxy) is 2. The monoisotopic (exact) mass is 442 g/mol. The second kappa shape index (κ2) is 9.62. The van der Waals surface area contributed by atoms with Gasteiger partial charge < -0.3 is 9.47 Å². The highest BCUT2D eigenvalue weighted by Gasteiger charge is 2.44. The standard InChI is InChI=1S/C21H31FN2O5S/c1-14-11-19(23-30(3,26)27)20(24(14)21(25)28-2)13-29-18-9-7-15(8-10-18)16-5-4-6-17(22)12-16/h4-6,12,14-15,18-20,23H,7-11,13H2,1-3H3/t14-,15?,18?,19+,20+/m1/s1. The van der Waals surface area contributed by atoms with E-state index in [1.54, 1.807) is 17.0 Å². The summed E-state index contributed by atoms with van der Waals surface area (Å²) in [5.41, 5.74) is 1.02. The van der Waals surface area contributed by atoms with Crippen LogP contribution >= 0.6 is 0 Å². The highest BCUT2D eigenvalue weighted by atomic mass is 32.2. The molecule has 2 aliphatic rings. The summed E-state index contributed by atoms with van der Waals surface area (Å²) in [6, 6.07) is 5.75. The van der Waals surface area contributed by atoms with Crippen molar-refractivity contribution >= 4 is 16.1 Å². The van der Waals surface area contributed by atoms with Gasteiger partial charge in [-0.25, -0.2) is 22.3 Å². The molecule has 9 heteroatoms. The summed E-state index contributed by atoms with van der Waals surface area (Å²) in [5.74, 6) is 0.104. The lowest BCUT2D eigenvalue weighted by atomic mass is 9.82. The first kappa shape index (κ1) is 23.0. The van der Waals surface area contributed by atoms with Crippen LogP contribution in [0, 0.1) is 5.82 Å². The summed E-state index contributed by atoms with van der Waals surface area (Å²) in [6.07, 6.45) is 4.65. The molecule has 7 nitrogen and oxygen atoms in total. The Morgan fingerprint density at radius 1 is 1.27 bits per heavy atom. The summed E-state index contributed by atoms with van der Waals surface area (Å²) in [7, 11) is -2.10. The van der Waals surface area contributed by atoms with Crippen LogP contribution in [0.2, 0.25) is 0 Å². The maximum absolute atomic E-state index is 13.5. The molecule has 1 saturated heterocycles. The molecular weight excluding hydrogens is 411 g/mol. The van der Waals surface area contributed by atoms with E-state index in [1.165, 1.54) is 13.2 Å². The molecule has 0 spiro atoms. The van der Waals surface area contributed by atoms with E-state index in [4.69, 9.17) is 9.47 Å². The Balaban J connectivity index is 1.60. The molecule has 3 atom stereocenters. The lowest BCUT2D eigenvalue weighted by Gasteiger charge is -2.33. The third-order valence-electron chi connectivity index (χ3n) is 6.14. The van der Waals surface area contributed by atoms with Crippen molar-refractivity contribution in [3.8, 4) is 0 Å². The van der Waals surface area contributed by atoms with E-state index in [0.717, 1.165) is 37.5 Å². The van der Waals surface area contributed by atoms with Gasteiger partial charge in [-0.1, -0.05) is 12.1 Å². The molecule has 168 valence electrons. The lowest BCUT2D eigenvalue weighted by Crippen LogP contribution is -2.50. The zero-order chi connectivity index (χ0) is 21.9. The van der Waals surface area contributed by atoms with Gasteiger partial charge in [-0.05, 0) is 62.6 Å². The quantitative estimate of drug-likeness (QED) is 0.732. The van der Waals surface area contributed by atoms with Crippen LogP contribution in [-0.2, 0) is 19.5 Å². The van der Waals surface area contributed by atoms with E-state index in [-0.39, 0.29) is 24.6 Å². The van der Waals surface area contributed by atoms with Gasteiger partial charge in [0.2, 0.25) is 10.0 Å². The SMILES string of the molecule is COC(=O)N1[C@H](C)C[C@H](NS(C)(=O)=O)[C@@H]1COC1CCC(c2cccc(F)c2)CC1. The van der Waals surface area contributed by atoms with Gasteiger partial charge in [0, 0.05) is 12.1 Å². The van der Waals surface area contributed by atoms with Crippen LogP contribution in [-0.4, -0.2) is 63.6 Å². The molecule has 1 aliphatic heterocycles. The highest BCUT2D eigenvalue weighted by Crippen LogP contribution is 2.35. The van der Waals surface area contributed by atoms with Crippen LogP contribution in [0.3, 0.4) is 0 Å². The smallest absolute Gasteiger partial charge is 0.410 e. The molecule has 30 heavy (non-hydrogen) atoms. The number of amides is 1. The molecule has 1 amide bonds. The first-order valence-electron chi connectivity index (χ1n) is 10.4. The van der Waals surface area contributed by atoms with Crippen LogP contribution < -0.4 is 4.72 Å². The van der Waals surface area contributed by atoms with Gasteiger partial charge in [-0.2, -0.15) is 0 Å². The average Bonchev–Trinajstić information content (AvgIpc) is 2.99. The Labute approximate surface area is 178 Å². The molecule has 0 bridgehead atoms. The second-order valence-corrected chi connectivity index (χ2v) is 10.2. The van der Waals surface area contributed by atoms with E-state index in [1.807, 2.05) is 13.0 Å². The predicted molar refractivity (Wildman–Crippen MR) is 111 cm³/mol. The predicted octanol–water partition coefficient (Wildman–Crippen LogP) is 3.02. The second-order valence-electron chi connectivity index (χ2n) is 8.39. The summed E-state index contributed by atoms with van der Waals surface area (Å²) in [6.45, 7) is 2.11. The topological polar surface area (TPSA) is 84.9 Å². The molecule has 1 saturated carbocycles. The van der Waals surface area contributed by atoms with E-state index in [0.29, 0.717) is 12.3 Å². The summed E-state index contributed by atoms with van der Waals surface area (Å²) >= 11 is 0. The van der Waals surface area contributed by atoms with Gasteiger partial charge in [0.1, 0.15) is 5.82 Å². The number of benzene rings is 1. The van der Waals surface area contributed by atoms with Crippen molar-refractivity contribution in [3.05, 3.63) is 35.6 Å². The third-order valence-corrected chi connectivity index (χ3v) is 6.87. The van der Waals surface area contributed by atoms with Crippen molar-refractivity contribution < 1.29 is 27.1 Å². The van der Waals surface area contributed by atoms with Gasteiger partial charge >= 0.3 is 6.09 Å². The number of nitrogens with one attached hydrogen (secondary N) is 1. The molecule has 1 heterocycles. The molecular formula is C21H31FN2O5S. The van der Waals surface area contributed by atoms with Crippen molar-refractivity contribution in [2.24, 2.45) is 0 Å². The van der Waals surface area contributed by atoms with Gasteiger partial charge in [-0.3, -0.25) is 4.90 Å². The average molecular weight is 443 g/mol. The van der Waals surface area contributed by atoms with Gasteiger partial charge in [0.25, 0.3) is 0 Å². The Morgan fingerprint density at radius 3 is 2.57 bits per heavy atom. The Morgan fingerprint density at radius 2 is 1.97 bits per heavy atom. The number of likely N-dealkylation sites (tertiary alicyclic amines) is 1. The zero-order valence-electron chi connectivity index (χ0n) is 17.7. The number of sulfonamides is 1. The van der Waals surface area contributed by atoms with E-state index >= 15 is 0 Å². The van der Waals surface area contributed by atoms with Gasteiger partial charge in [0.05, 0.1) is 32.1 Å². The minimum atomic E-state index is -3.42. The Bertz CT molecular complexity index is 842. The normalized spacial score (nSPS) is 29.7. The van der Waals surface area contributed by atoms with Crippen LogP contribution in [0.1, 0.15) is 50.5 Å². The Kier molecular flexibility index (Phi) is 7.36. The van der Waals surface area contributed by atoms with E-state index in [2.05, 4.69) is 4.72 Å². The number of hydrogen-bond acceptors (Lipinski definition) is 5. The number of methoxy groups -OCH3 is 1. The first-order chi connectivity index (χ1) is 14.2. The zero-order valence-corrected chi connectivity index (χ0v) is 18.5. The molecule has 0 radical (unpaired) electrons. The van der Waals surface area contributed by atoms with Crippen molar-refractivity contribution in [1.82, 2.24) is 9.62 Å². The number of hydrogen-bond donors (Lipinski definition) is 1. The number of nitrogens with zero attached hydrogens (tertiary/aromatic N) is 1. The first-order valence-corrected chi connectivity index (χ1v) is 12.3. The molecule has 1 aromatic rings. The maximum atomic E-state index is 13.5. The summed E-state index contributed by atoms with van der Waals surface area (Å²) in [4.78, 5) is 13.8. The molecule has 1 N–H and O–H groups in total. The van der Waals surface area contributed by atoms with Crippen LogP contribution in [0.4, 0.5) is 9.18 Å². The van der Waals surface area contributed by atoms with Crippen LogP contribution in [0.5, 0.6) is 0 Å². The van der Waals surface area contributed by atoms with Crippen molar-refractivity contribution in [3.63, 3.8) is 0 Å². The largest absolute Gasteiger partial charge is 0.453 e. The third kappa shape index (κ3) is 5.70. The fourth-order valence-electron chi connectivity index (χ4n) is 4.74. The number of rotatable bonds is 6. The molecule has 0 unspecified atom stereocenters. The fourth-order valence-corrected chi connectivity index (χ4v) is 5.54. The minimum absolute atomic E-state index is 0.0316. The molecule has 1 aliphatic carbocycles. The molecule has 2 fully saturated rings. The molecule has 3 rings (SSSR count). The molecule has 1 aromatic carbocycles. The maximum Gasteiger partial charge on any atom is 0.410 e. The van der Waals surface area contributed by atoms with E-state index in [9.17, 15) is 17.6 Å².